The zero-order valence-corrected chi connectivity index (χ0v) is 15.2. The SMILES string of the molecule is Cc1sc(CN=C(N(C)C)N(C)C)nc1-c1ccc(Cl)cc1. The van der Waals surface area contributed by atoms with Crippen molar-refractivity contribution in [3.05, 3.63) is 39.2 Å². The molecule has 0 spiro atoms. The summed E-state index contributed by atoms with van der Waals surface area (Å²) < 4.78 is 0. The first-order valence-corrected chi connectivity index (χ1v) is 8.19. The van der Waals surface area contributed by atoms with Crippen molar-refractivity contribution in [2.45, 2.75) is 13.5 Å². The number of aliphatic imine (C=N–C) groups is 1. The first kappa shape index (κ1) is 16.8. The first-order valence-electron chi connectivity index (χ1n) is 7.00. The van der Waals surface area contributed by atoms with E-state index in [0.717, 1.165) is 27.2 Å². The molecule has 0 radical (unpaired) electrons. The Morgan fingerprint density at radius 3 is 2.27 bits per heavy atom. The van der Waals surface area contributed by atoms with Gasteiger partial charge >= 0.3 is 0 Å². The van der Waals surface area contributed by atoms with Crippen molar-refractivity contribution >= 4 is 28.9 Å². The van der Waals surface area contributed by atoms with Crippen LogP contribution in [0.2, 0.25) is 5.02 Å². The predicted octanol–water partition coefficient (Wildman–Crippen LogP) is 3.75. The third-order valence-electron chi connectivity index (χ3n) is 3.11. The predicted molar refractivity (Wildman–Crippen MR) is 95.8 cm³/mol. The van der Waals surface area contributed by atoms with Gasteiger partial charge in [-0.05, 0) is 19.1 Å². The van der Waals surface area contributed by atoms with Gasteiger partial charge in [0.05, 0.1) is 12.2 Å². The zero-order valence-electron chi connectivity index (χ0n) is 13.6. The van der Waals surface area contributed by atoms with Gasteiger partial charge in [0.1, 0.15) is 5.01 Å². The average molecular weight is 337 g/mol. The van der Waals surface area contributed by atoms with Crippen molar-refractivity contribution in [3.8, 4) is 11.3 Å². The Balaban J connectivity index is 2.23. The standard InChI is InChI=1S/C16H21ClN4S/c1-11-15(12-6-8-13(17)9-7-12)19-14(22-11)10-18-16(20(2)3)21(4)5/h6-9H,10H2,1-5H3. The van der Waals surface area contributed by atoms with E-state index in [2.05, 4.69) is 11.9 Å². The van der Waals surface area contributed by atoms with Gasteiger partial charge < -0.3 is 9.80 Å². The molecule has 0 bridgehead atoms. The van der Waals surface area contributed by atoms with E-state index in [0.29, 0.717) is 6.54 Å². The zero-order chi connectivity index (χ0) is 16.3. The van der Waals surface area contributed by atoms with Crippen LogP contribution >= 0.6 is 22.9 Å². The minimum absolute atomic E-state index is 0.588. The highest BCUT2D eigenvalue weighted by Crippen LogP contribution is 2.28. The van der Waals surface area contributed by atoms with Gasteiger partial charge in [0, 0.05) is 43.7 Å². The topological polar surface area (TPSA) is 31.7 Å². The van der Waals surface area contributed by atoms with Gasteiger partial charge in [0.15, 0.2) is 5.96 Å². The van der Waals surface area contributed by atoms with E-state index in [1.165, 1.54) is 4.88 Å². The van der Waals surface area contributed by atoms with Gasteiger partial charge in [0.2, 0.25) is 0 Å². The molecule has 0 aliphatic rings. The number of hydrogen-bond donors (Lipinski definition) is 0. The molecule has 1 aromatic carbocycles. The molecule has 0 saturated carbocycles. The molecule has 22 heavy (non-hydrogen) atoms. The second kappa shape index (κ2) is 7.11. The second-order valence-corrected chi connectivity index (χ2v) is 7.15. The maximum absolute atomic E-state index is 5.94. The van der Waals surface area contributed by atoms with Crippen LogP contribution in [-0.2, 0) is 6.54 Å². The van der Waals surface area contributed by atoms with Crippen LogP contribution in [0.3, 0.4) is 0 Å². The summed E-state index contributed by atoms with van der Waals surface area (Å²) in [4.78, 5) is 14.6. The summed E-state index contributed by atoms with van der Waals surface area (Å²) in [6.45, 7) is 2.68. The molecular formula is C16H21ClN4S. The maximum Gasteiger partial charge on any atom is 0.195 e. The number of guanidine groups is 1. The number of aryl methyl sites for hydroxylation is 1. The molecule has 2 aromatic rings. The summed E-state index contributed by atoms with van der Waals surface area (Å²) in [5, 5.41) is 1.76. The van der Waals surface area contributed by atoms with Crippen LogP contribution in [0.15, 0.2) is 29.3 Å². The normalized spacial score (nSPS) is 10.5. The fourth-order valence-corrected chi connectivity index (χ4v) is 3.22. The minimum atomic E-state index is 0.588. The van der Waals surface area contributed by atoms with Crippen LogP contribution in [0.5, 0.6) is 0 Å². The Hall–Kier alpha value is -1.59. The van der Waals surface area contributed by atoms with Crippen LogP contribution in [-0.4, -0.2) is 48.9 Å². The van der Waals surface area contributed by atoms with Crippen LogP contribution < -0.4 is 0 Å². The molecule has 6 heteroatoms. The molecule has 1 heterocycles. The summed E-state index contributed by atoms with van der Waals surface area (Å²) in [6.07, 6.45) is 0. The smallest absolute Gasteiger partial charge is 0.195 e. The van der Waals surface area contributed by atoms with Crippen LogP contribution in [0.4, 0.5) is 0 Å². The van der Waals surface area contributed by atoms with E-state index >= 15 is 0 Å². The maximum atomic E-state index is 5.94. The molecule has 1 aromatic heterocycles. The Morgan fingerprint density at radius 1 is 1.14 bits per heavy atom. The summed E-state index contributed by atoms with van der Waals surface area (Å²) in [5.41, 5.74) is 2.11. The molecule has 0 amide bonds. The van der Waals surface area contributed by atoms with Gasteiger partial charge in [-0.3, -0.25) is 0 Å². The van der Waals surface area contributed by atoms with Gasteiger partial charge in [-0.1, -0.05) is 23.7 Å². The molecule has 0 atom stereocenters. The summed E-state index contributed by atoms with van der Waals surface area (Å²) in [5.74, 6) is 0.931. The largest absolute Gasteiger partial charge is 0.349 e. The third-order valence-corrected chi connectivity index (χ3v) is 4.32. The molecule has 0 aliphatic heterocycles. The van der Waals surface area contributed by atoms with Gasteiger partial charge in [-0.25, -0.2) is 9.98 Å². The van der Waals surface area contributed by atoms with Crippen molar-refractivity contribution in [1.82, 2.24) is 14.8 Å². The summed E-state index contributed by atoms with van der Waals surface area (Å²) >= 11 is 7.63. The van der Waals surface area contributed by atoms with Crippen LogP contribution in [0.1, 0.15) is 9.88 Å². The van der Waals surface area contributed by atoms with E-state index in [-0.39, 0.29) is 0 Å². The molecule has 0 fully saturated rings. The van der Waals surface area contributed by atoms with Crippen molar-refractivity contribution in [1.29, 1.82) is 0 Å². The highest BCUT2D eigenvalue weighted by molar-refractivity contribution is 7.12. The van der Waals surface area contributed by atoms with Crippen LogP contribution in [0.25, 0.3) is 11.3 Å². The second-order valence-electron chi connectivity index (χ2n) is 5.42. The number of nitrogens with zero attached hydrogens (tertiary/aromatic N) is 4. The van der Waals surface area contributed by atoms with Crippen molar-refractivity contribution in [2.24, 2.45) is 4.99 Å². The van der Waals surface area contributed by atoms with Crippen LogP contribution in [0, 0.1) is 6.92 Å². The molecule has 118 valence electrons. The molecule has 2 rings (SSSR count). The lowest BCUT2D eigenvalue weighted by molar-refractivity contribution is 0.479. The summed E-state index contributed by atoms with van der Waals surface area (Å²) in [6, 6.07) is 7.79. The van der Waals surface area contributed by atoms with E-state index in [9.17, 15) is 0 Å². The molecule has 0 N–H and O–H groups in total. The molecule has 0 aliphatic carbocycles. The van der Waals surface area contributed by atoms with E-state index in [4.69, 9.17) is 16.6 Å². The number of rotatable bonds is 3. The Morgan fingerprint density at radius 2 is 1.73 bits per heavy atom. The highest BCUT2D eigenvalue weighted by Gasteiger charge is 2.11. The number of halogens is 1. The molecule has 0 saturated heterocycles. The summed E-state index contributed by atoms with van der Waals surface area (Å²) in [7, 11) is 7.96. The van der Waals surface area contributed by atoms with Gasteiger partial charge in [0.25, 0.3) is 0 Å². The lowest BCUT2D eigenvalue weighted by Crippen LogP contribution is -2.35. The van der Waals surface area contributed by atoms with E-state index in [1.54, 1.807) is 11.3 Å². The first-order chi connectivity index (χ1) is 10.4. The number of aromatic nitrogens is 1. The Labute approximate surface area is 141 Å². The molecule has 4 nitrogen and oxygen atoms in total. The number of benzene rings is 1. The van der Waals surface area contributed by atoms with Gasteiger partial charge in [-0.2, -0.15) is 0 Å². The highest BCUT2D eigenvalue weighted by atomic mass is 35.5. The quantitative estimate of drug-likeness (QED) is 0.632. The molecular weight excluding hydrogens is 316 g/mol. The average Bonchev–Trinajstić information content (AvgIpc) is 2.80. The van der Waals surface area contributed by atoms with E-state index < -0.39 is 0 Å². The monoisotopic (exact) mass is 336 g/mol. The third kappa shape index (κ3) is 3.99. The fraction of sp³-hybridized carbons (Fsp3) is 0.375. The lowest BCUT2D eigenvalue weighted by atomic mass is 10.1. The fourth-order valence-electron chi connectivity index (χ4n) is 2.22. The Kier molecular flexibility index (Phi) is 5.42. The number of hydrogen-bond acceptors (Lipinski definition) is 3. The van der Waals surface area contributed by atoms with E-state index in [1.807, 2.05) is 62.3 Å². The number of thiazole rings is 1. The lowest BCUT2D eigenvalue weighted by Gasteiger charge is -2.22. The molecule has 0 unspecified atom stereocenters. The van der Waals surface area contributed by atoms with Crippen molar-refractivity contribution in [2.75, 3.05) is 28.2 Å². The minimum Gasteiger partial charge on any atom is -0.349 e. The van der Waals surface area contributed by atoms with Gasteiger partial charge in [-0.15, -0.1) is 11.3 Å². The van der Waals surface area contributed by atoms with Crippen molar-refractivity contribution in [3.63, 3.8) is 0 Å². The Bertz CT molecular complexity index is 649. The van der Waals surface area contributed by atoms with Crippen molar-refractivity contribution < 1.29 is 0 Å².